The molecule has 0 spiro atoms. The van der Waals surface area contributed by atoms with Gasteiger partial charge in [0.1, 0.15) is 0 Å². The standard InChI is InChI=1S/C25H26N4O3/c26-17-19-8-10-20(11-9-19)18-27-12-4-13-28(16-15-27)23(30)7-3-14-29-24(31)21-5-1-2-6-22(21)25(29)32/h1-2,5-6,8-11H,3-4,7,12-16,18H2. The van der Waals surface area contributed by atoms with Crippen LogP contribution in [0.1, 0.15) is 51.1 Å². The third-order valence-electron chi connectivity index (χ3n) is 6.08. The number of hydrogen-bond donors (Lipinski definition) is 0. The number of imide groups is 1. The maximum atomic E-state index is 12.7. The van der Waals surface area contributed by atoms with E-state index < -0.39 is 0 Å². The van der Waals surface area contributed by atoms with Crippen molar-refractivity contribution in [2.75, 3.05) is 32.7 Å². The van der Waals surface area contributed by atoms with Crippen LogP contribution in [0.5, 0.6) is 0 Å². The molecule has 7 nitrogen and oxygen atoms in total. The minimum atomic E-state index is -0.272. The van der Waals surface area contributed by atoms with E-state index in [1.165, 1.54) is 4.90 Å². The van der Waals surface area contributed by atoms with E-state index in [0.717, 1.165) is 38.2 Å². The smallest absolute Gasteiger partial charge is 0.261 e. The van der Waals surface area contributed by atoms with Crippen molar-refractivity contribution in [2.24, 2.45) is 0 Å². The summed E-state index contributed by atoms with van der Waals surface area (Å²) in [6, 6.07) is 16.6. The molecular weight excluding hydrogens is 404 g/mol. The van der Waals surface area contributed by atoms with Crippen LogP contribution in [0.2, 0.25) is 0 Å². The summed E-state index contributed by atoms with van der Waals surface area (Å²) in [6.45, 7) is 4.16. The summed E-state index contributed by atoms with van der Waals surface area (Å²) in [5, 5.41) is 8.92. The largest absolute Gasteiger partial charge is 0.341 e. The van der Waals surface area contributed by atoms with E-state index >= 15 is 0 Å². The molecule has 0 atom stereocenters. The lowest BCUT2D eigenvalue weighted by molar-refractivity contribution is -0.131. The molecule has 2 aromatic rings. The van der Waals surface area contributed by atoms with Crippen molar-refractivity contribution >= 4 is 17.7 Å². The van der Waals surface area contributed by atoms with E-state index in [2.05, 4.69) is 11.0 Å². The van der Waals surface area contributed by atoms with Gasteiger partial charge in [0.15, 0.2) is 0 Å². The fraction of sp³-hybridized carbons (Fsp3) is 0.360. The molecule has 164 valence electrons. The van der Waals surface area contributed by atoms with Crippen LogP contribution in [0.3, 0.4) is 0 Å². The number of rotatable bonds is 6. The number of carbonyl (C=O) groups is 3. The highest BCUT2D eigenvalue weighted by molar-refractivity contribution is 6.21. The molecule has 0 N–H and O–H groups in total. The van der Waals surface area contributed by atoms with Crippen molar-refractivity contribution in [2.45, 2.75) is 25.8 Å². The fourth-order valence-electron chi connectivity index (χ4n) is 4.31. The van der Waals surface area contributed by atoms with E-state index in [0.29, 0.717) is 36.1 Å². The third-order valence-corrected chi connectivity index (χ3v) is 6.08. The first kappa shape index (κ1) is 21.7. The topological polar surface area (TPSA) is 84.7 Å². The highest BCUT2D eigenvalue weighted by Gasteiger charge is 2.34. The SMILES string of the molecule is N#Cc1ccc(CN2CCCN(C(=O)CCCN3C(=O)c4ccccc4C3=O)CC2)cc1. The maximum absolute atomic E-state index is 12.7. The summed E-state index contributed by atoms with van der Waals surface area (Å²) in [7, 11) is 0. The van der Waals surface area contributed by atoms with E-state index in [-0.39, 0.29) is 24.3 Å². The lowest BCUT2D eigenvalue weighted by Crippen LogP contribution is -2.36. The van der Waals surface area contributed by atoms with Gasteiger partial charge in [-0.3, -0.25) is 24.2 Å². The number of benzene rings is 2. The Labute approximate surface area is 187 Å². The van der Waals surface area contributed by atoms with Crippen molar-refractivity contribution in [3.63, 3.8) is 0 Å². The Morgan fingerprint density at radius 3 is 2.25 bits per heavy atom. The monoisotopic (exact) mass is 430 g/mol. The van der Waals surface area contributed by atoms with Gasteiger partial charge in [0, 0.05) is 45.7 Å². The van der Waals surface area contributed by atoms with Gasteiger partial charge in [-0.1, -0.05) is 24.3 Å². The second-order valence-corrected chi connectivity index (χ2v) is 8.23. The summed E-state index contributed by atoms with van der Waals surface area (Å²) in [5.74, 6) is -0.473. The Morgan fingerprint density at radius 1 is 0.906 bits per heavy atom. The molecule has 0 bridgehead atoms. The van der Waals surface area contributed by atoms with E-state index in [1.807, 2.05) is 29.2 Å². The Balaban J connectivity index is 1.23. The molecule has 0 aromatic heterocycles. The van der Waals surface area contributed by atoms with E-state index in [1.54, 1.807) is 24.3 Å². The van der Waals surface area contributed by atoms with Crippen LogP contribution < -0.4 is 0 Å². The molecule has 4 rings (SSSR count). The predicted octanol–water partition coefficient (Wildman–Crippen LogP) is 2.67. The minimum Gasteiger partial charge on any atom is -0.341 e. The Hall–Kier alpha value is -3.50. The van der Waals surface area contributed by atoms with Crippen LogP contribution in [-0.4, -0.2) is 65.1 Å². The van der Waals surface area contributed by atoms with Crippen LogP contribution in [0.15, 0.2) is 48.5 Å². The summed E-state index contributed by atoms with van der Waals surface area (Å²) in [6.07, 6.45) is 1.69. The second kappa shape index (κ2) is 9.75. The van der Waals surface area contributed by atoms with Crippen LogP contribution in [0.25, 0.3) is 0 Å². The summed E-state index contributed by atoms with van der Waals surface area (Å²) in [4.78, 5) is 43.1. The number of amides is 3. The zero-order chi connectivity index (χ0) is 22.5. The zero-order valence-corrected chi connectivity index (χ0v) is 18.0. The van der Waals surface area contributed by atoms with E-state index in [9.17, 15) is 14.4 Å². The quantitative estimate of drug-likeness (QED) is 0.658. The van der Waals surface area contributed by atoms with Gasteiger partial charge in [0.05, 0.1) is 22.8 Å². The Morgan fingerprint density at radius 2 is 1.59 bits per heavy atom. The number of nitriles is 1. The molecule has 1 fully saturated rings. The molecule has 2 aliphatic heterocycles. The highest BCUT2D eigenvalue weighted by Crippen LogP contribution is 2.22. The number of carbonyl (C=O) groups excluding carboxylic acids is 3. The molecule has 7 heteroatoms. The molecule has 2 heterocycles. The molecule has 2 aliphatic rings. The van der Waals surface area contributed by atoms with Gasteiger partial charge in [-0.05, 0) is 42.7 Å². The summed E-state index contributed by atoms with van der Waals surface area (Å²) >= 11 is 0. The summed E-state index contributed by atoms with van der Waals surface area (Å²) in [5.41, 5.74) is 2.70. The molecular formula is C25H26N4O3. The van der Waals surface area contributed by atoms with Crippen molar-refractivity contribution in [1.82, 2.24) is 14.7 Å². The lowest BCUT2D eigenvalue weighted by Gasteiger charge is -2.22. The molecule has 1 saturated heterocycles. The molecule has 2 aromatic carbocycles. The zero-order valence-electron chi connectivity index (χ0n) is 18.0. The van der Waals surface area contributed by atoms with Crippen molar-refractivity contribution in [1.29, 1.82) is 5.26 Å². The first-order valence-corrected chi connectivity index (χ1v) is 11.0. The molecule has 0 radical (unpaired) electrons. The number of nitrogens with zero attached hydrogens (tertiary/aromatic N) is 4. The van der Waals surface area contributed by atoms with Crippen molar-refractivity contribution in [3.8, 4) is 6.07 Å². The van der Waals surface area contributed by atoms with Gasteiger partial charge in [0.2, 0.25) is 5.91 Å². The maximum Gasteiger partial charge on any atom is 0.261 e. The fourth-order valence-corrected chi connectivity index (χ4v) is 4.31. The van der Waals surface area contributed by atoms with Gasteiger partial charge in [-0.2, -0.15) is 5.26 Å². The van der Waals surface area contributed by atoms with Gasteiger partial charge in [-0.25, -0.2) is 0 Å². The molecule has 0 saturated carbocycles. The number of fused-ring (bicyclic) bond motifs is 1. The molecule has 0 aliphatic carbocycles. The first-order valence-electron chi connectivity index (χ1n) is 11.0. The average molecular weight is 431 g/mol. The van der Waals surface area contributed by atoms with Crippen molar-refractivity contribution in [3.05, 3.63) is 70.8 Å². The van der Waals surface area contributed by atoms with E-state index in [4.69, 9.17) is 5.26 Å². The van der Waals surface area contributed by atoms with Gasteiger partial charge < -0.3 is 4.90 Å². The Kier molecular flexibility index (Phi) is 6.62. The van der Waals surface area contributed by atoms with Gasteiger partial charge in [-0.15, -0.1) is 0 Å². The lowest BCUT2D eigenvalue weighted by atomic mass is 10.1. The van der Waals surface area contributed by atoms with Crippen LogP contribution in [0, 0.1) is 11.3 Å². The number of hydrogen-bond acceptors (Lipinski definition) is 5. The second-order valence-electron chi connectivity index (χ2n) is 8.23. The molecule has 32 heavy (non-hydrogen) atoms. The van der Waals surface area contributed by atoms with Crippen molar-refractivity contribution < 1.29 is 14.4 Å². The molecule has 3 amide bonds. The average Bonchev–Trinajstić information content (AvgIpc) is 2.96. The van der Waals surface area contributed by atoms with Gasteiger partial charge in [0.25, 0.3) is 11.8 Å². The minimum absolute atomic E-state index is 0.0711. The Bertz CT molecular complexity index is 1020. The third kappa shape index (κ3) is 4.71. The predicted molar refractivity (Wildman–Crippen MR) is 119 cm³/mol. The van der Waals surface area contributed by atoms with Crippen LogP contribution >= 0.6 is 0 Å². The van der Waals surface area contributed by atoms with Gasteiger partial charge >= 0.3 is 0 Å². The molecule has 0 unspecified atom stereocenters. The normalized spacial score (nSPS) is 16.6. The summed E-state index contributed by atoms with van der Waals surface area (Å²) < 4.78 is 0. The first-order chi connectivity index (χ1) is 15.6. The van der Waals surface area contributed by atoms with Crippen LogP contribution in [-0.2, 0) is 11.3 Å². The highest BCUT2D eigenvalue weighted by atomic mass is 16.2. The van der Waals surface area contributed by atoms with Crippen LogP contribution in [0.4, 0.5) is 0 Å².